The summed E-state index contributed by atoms with van der Waals surface area (Å²) >= 11 is 0. The van der Waals surface area contributed by atoms with Crippen LogP contribution in [0.15, 0.2) is 6.07 Å². The van der Waals surface area contributed by atoms with Crippen LogP contribution in [0.2, 0.25) is 0 Å². The molecule has 0 aliphatic carbocycles. The Morgan fingerprint density at radius 3 is 2.06 bits per heavy atom. The van der Waals surface area contributed by atoms with Crippen LogP contribution in [0.25, 0.3) is 0 Å². The van der Waals surface area contributed by atoms with Crippen LogP contribution in [0.1, 0.15) is 19.4 Å². The molecule has 1 rings (SSSR count). The lowest BCUT2D eigenvalue weighted by atomic mass is 9.95. The molecule has 0 aliphatic rings. The van der Waals surface area contributed by atoms with Gasteiger partial charge in [-0.2, -0.15) is 4.39 Å². The van der Waals surface area contributed by atoms with Gasteiger partial charge < -0.3 is 19.9 Å². The Morgan fingerprint density at radius 2 is 1.67 bits per heavy atom. The van der Waals surface area contributed by atoms with Gasteiger partial charge in [-0.25, -0.2) is 0 Å². The molecule has 0 aromatic heterocycles. The predicted octanol–water partition coefficient (Wildman–Crippen LogP) is 2.13. The molecule has 1 aromatic carbocycles. The fraction of sp³-hybridized carbons (Fsp3) is 0.538. The summed E-state index contributed by atoms with van der Waals surface area (Å²) in [5, 5.41) is 0. The summed E-state index contributed by atoms with van der Waals surface area (Å²) in [6.45, 7) is 3.72. The fourth-order valence-corrected chi connectivity index (χ4v) is 1.83. The van der Waals surface area contributed by atoms with E-state index in [0.29, 0.717) is 17.7 Å². The Hall–Kier alpha value is -1.49. The average molecular weight is 257 g/mol. The third kappa shape index (κ3) is 3.04. The summed E-state index contributed by atoms with van der Waals surface area (Å²) in [5.74, 6) is -0.0623. The number of ether oxygens (including phenoxy) is 3. The number of benzene rings is 1. The van der Waals surface area contributed by atoms with Crippen LogP contribution in [0.3, 0.4) is 0 Å². The van der Waals surface area contributed by atoms with Gasteiger partial charge in [0.15, 0.2) is 11.5 Å². The van der Waals surface area contributed by atoms with Gasteiger partial charge in [0.2, 0.25) is 11.6 Å². The average Bonchev–Trinajstić information content (AvgIpc) is 2.26. The topological polar surface area (TPSA) is 53.7 Å². The van der Waals surface area contributed by atoms with E-state index in [2.05, 4.69) is 0 Å². The third-order valence-electron chi connectivity index (χ3n) is 2.49. The van der Waals surface area contributed by atoms with Crippen LogP contribution in [-0.4, -0.2) is 26.9 Å². The van der Waals surface area contributed by atoms with Crippen LogP contribution >= 0.6 is 0 Å². The number of nitrogens with two attached hydrogens (primary N) is 1. The molecule has 0 heterocycles. The molecule has 0 bridgehead atoms. The van der Waals surface area contributed by atoms with Crippen molar-refractivity contribution in [3.63, 3.8) is 0 Å². The van der Waals surface area contributed by atoms with Gasteiger partial charge in [-0.05, 0) is 26.3 Å². The van der Waals surface area contributed by atoms with Gasteiger partial charge in [0.1, 0.15) is 0 Å². The van der Waals surface area contributed by atoms with Crippen molar-refractivity contribution in [2.24, 2.45) is 5.73 Å². The van der Waals surface area contributed by atoms with Crippen molar-refractivity contribution in [1.82, 2.24) is 0 Å². The molecule has 2 N–H and O–H groups in total. The number of methoxy groups -OCH3 is 3. The highest BCUT2D eigenvalue weighted by atomic mass is 19.1. The van der Waals surface area contributed by atoms with Gasteiger partial charge in [0, 0.05) is 11.1 Å². The highest BCUT2D eigenvalue weighted by Gasteiger charge is 2.23. The molecule has 0 aliphatic heterocycles. The normalized spacial score (nSPS) is 11.3. The van der Waals surface area contributed by atoms with E-state index in [0.717, 1.165) is 0 Å². The molecule has 0 fully saturated rings. The van der Waals surface area contributed by atoms with E-state index < -0.39 is 11.4 Å². The molecule has 0 amide bonds. The molecule has 0 spiro atoms. The SMILES string of the molecule is COc1cc(CC(C)(C)N)c(OC)c(F)c1OC. The molecule has 4 nitrogen and oxygen atoms in total. The van der Waals surface area contributed by atoms with Crippen LogP contribution < -0.4 is 19.9 Å². The Kier molecular flexibility index (Phi) is 4.40. The molecular formula is C13H20FNO3. The van der Waals surface area contributed by atoms with Crippen LogP contribution in [-0.2, 0) is 6.42 Å². The number of hydrogen-bond donors (Lipinski definition) is 1. The second-order valence-electron chi connectivity index (χ2n) is 4.78. The second kappa shape index (κ2) is 5.44. The maximum atomic E-state index is 14.2. The maximum absolute atomic E-state index is 14.2. The summed E-state index contributed by atoms with van der Waals surface area (Å²) in [6.07, 6.45) is 0.466. The fourth-order valence-electron chi connectivity index (χ4n) is 1.83. The van der Waals surface area contributed by atoms with Crippen molar-refractivity contribution in [3.05, 3.63) is 17.4 Å². The molecule has 1 aromatic rings. The van der Waals surface area contributed by atoms with Crippen LogP contribution in [0, 0.1) is 5.82 Å². The quantitative estimate of drug-likeness (QED) is 0.878. The summed E-state index contributed by atoms with van der Waals surface area (Å²) < 4.78 is 29.4. The van der Waals surface area contributed by atoms with Crippen molar-refractivity contribution in [2.45, 2.75) is 25.8 Å². The van der Waals surface area contributed by atoms with Crippen molar-refractivity contribution in [2.75, 3.05) is 21.3 Å². The minimum absolute atomic E-state index is 0.0351. The lowest BCUT2D eigenvalue weighted by Gasteiger charge is -2.22. The van der Waals surface area contributed by atoms with E-state index in [9.17, 15) is 4.39 Å². The summed E-state index contributed by atoms with van der Waals surface area (Å²) in [5.41, 5.74) is 6.13. The lowest BCUT2D eigenvalue weighted by Crippen LogP contribution is -2.34. The van der Waals surface area contributed by atoms with E-state index >= 15 is 0 Å². The zero-order chi connectivity index (χ0) is 13.9. The Bertz CT molecular complexity index is 427. The lowest BCUT2D eigenvalue weighted by molar-refractivity contribution is 0.317. The van der Waals surface area contributed by atoms with Gasteiger partial charge in [-0.1, -0.05) is 0 Å². The van der Waals surface area contributed by atoms with Crippen molar-refractivity contribution < 1.29 is 18.6 Å². The van der Waals surface area contributed by atoms with Crippen molar-refractivity contribution in [3.8, 4) is 17.2 Å². The van der Waals surface area contributed by atoms with E-state index in [1.807, 2.05) is 13.8 Å². The van der Waals surface area contributed by atoms with Gasteiger partial charge in [0.25, 0.3) is 0 Å². The minimum Gasteiger partial charge on any atom is -0.493 e. The largest absolute Gasteiger partial charge is 0.493 e. The number of hydrogen-bond acceptors (Lipinski definition) is 4. The minimum atomic E-state index is -0.571. The molecular weight excluding hydrogens is 237 g/mol. The predicted molar refractivity (Wildman–Crippen MR) is 68.0 cm³/mol. The highest BCUT2D eigenvalue weighted by molar-refractivity contribution is 5.52. The third-order valence-corrected chi connectivity index (χ3v) is 2.49. The molecule has 0 saturated heterocycles. The Labute approximate surface area is 107 Å². The molecule has 0 saturated carbocycles. The van der Waals surface area contributed by atoms with E-state index in [-0.39, 0.29) is 11.5 Å². The van der Waals surface area contributed by atoms with Gasteiger partial charge >= 0.3 is 0 Å². The number of rotatable bonds is 5. The first-order valence-corrected chi connectivity index (χ1v) is 5.60. The molecule has 102 valence electrons. The zero-order valence-electron chi connectivity index (χ0n) is 11.5. The molecule has 0 radical (unpaired) electrons. The van der Waals surface area contributed by atoms with Gasteiger partial charge in [-0.15, -0.1) is 0 Å². The standard InChI is InChI=1S/C13H20FNO3/c1-13(2,15)7-8-6-9(16-3)12(18-5)10(14)11(8)17-4/h6H,7,15H2,1-5H3. The van der Waals surface area contributed by atoms with Crippen molar-refractivity contribution in [1.29, 1.82) is 0 Å². The first-order chi connectivity index (χ1) is 8.34. The molecule has 5 heteroatoms. The molecule has 0 atom stereocenters. The zero-order valence-corrected chi connectivity index (χ0v) is 11.5. The second-order valence-corrected chi connectivity index (χ2v) is 4.78. The maximum Gasteiger partial charge on any atom is 0.210 e. The summed E-state index contributed by atoms with van der Waals surface area (Å²) in [4.78, 5) is 0. The first kappa shape index (κ1) is 14.6. The van der Waals surface area contributed by atoms with Gasteiger partial charge in [0.05, 0.1) is 21.3 Å². The Balaban J connectivity index is 3.37. The van der Waals surface area contributed by atoms with E-state index in [4.69, 9.17) is 19.9 Å². The molecule has 0 unspecified atom stereocenters. The van der Waals surface area contributed by atoms with Crippen LogP contribution in [0.5, 0.6) is 17.2 Å². The number of halogens is 1. The highest BCUT2D eigenvalue weighted by Crippen LogP contribution is 2.39. The summed E-state index contributed by atoms with van der Waals surface area (Å²) in [7, 11) is 4.26. The van der Waals surface area contributed by atoms with Crippen molar-refractivity contribution >= 4 is 0 Å². The van der Waals surface area contributed by atoms with Gasteiger partial charge in [-0.3, -0.25) is 0 Å². The Morgan fingerprint density at radius 1 is 1.11 bits per heavy atom. The molecule has 18 heavy (non-hydrogen) atoms. The van der Waals surface area contributed by atoms with Crippen LogP contribution in [0.4, 0.5) is 4.39 Å². The smallest absolute Gasteiger partial charge is 0.210 e. The first-order valence-electron chi connectivity index (χ1n) is 5.60. The van der Waals surface area contributed by atoms with E-state index in [1.165, 1.54) is 21.3 Å². The van der Waals surface area contributed by atoms with E-state index in [1.54, 1.807) is 6.07 Å². The summed E-state index contributed by atoms with van der Waals surface area (Å²) in [6, 6.07) is 1.69. The monoisotopic (exact) mass is 257 g/mol.